The average molecular weight is 249 g/mol. The molecular formula is C14H23N3O. The van der Waals surface area contributed by atoms with Crippen molar-refractivity contribution in [3.63, 3.8) is 0 Å². The standard InChI is InChI=1S/C14H23N3O/c1-3-8-17-9-6-12(7-10-17)16-14-5-4-13(18-2)11-15-14/h4-5,11-12H,3,6-10H2,1-2H3,(H,15,16). The zero-order valence-corrected chi connectivity index (χ0v) is 11.4. The van der Waals surface area contributed by atoms with Gasteiger partial charge in [-0.3, -0.25) is 0 Å². The second-order valence-electron chi connectivity index (χ2n) is 4.84. The van der Waals surface area contributed by atoms with Crippen molar-refractivity contribution < 1.29 is 4.74 Å². The highest BCUT2D eigenvalue weighted by atomic mass is 16.5. The van der Waals surface area contributed by atoms with Crippen LogP contribution in [0.3, 0.4) is 0 Å². The van der Waals surface area contributed by atoms with Crippen molar-refractivity contribution >= 4 is 5.82 Å². The minimum absolute atomic E-state index is 0.555. The van der Waals surface area contributed by atoms with E-state index in [1.165, 1.54) is 38.9 Å². The maximum atomic E-state index is 5.10. The molecule has 1 aromatic heterocycles. The number of piperidine rings is 1. The van der Waals surface area contributed by atoms with Crippen LogP contribution < -0.4 is 10.1 Å². The number of hydrogen-bond acceptors (Lipinski definition) is 4. The molecule has 18 heavy (non-hydrogen) atoms. The van der Waals surface area contributed by atoms with Crippen molar-refractivity contribution in [1.82, 2.24) is 9.88 Å². The maximum absolute atomic E-state index is 5.10. The first-order chi connectivity index (χ1) is 8.81. The lowest BCUT2D eigenvalue weighted by atomic mass is 10.0. The van der Waals surface area contributed by atoms with Gasteiger partial charge < -0.3 is 15.0 Å². The molecule has 4 heteroatoms. The van der Waals surface area contributed by atoms with Gasteiger partial charge in [-0.1, -0.05) is 6.92 Å². The molecule has 1 aliphatic rings. The summed E-state index contributed by atoms with van der Waals surface area (Å²) in [7, 11) is 1.66. The van der Waals surface area contributed by atoms with Crippen LogP contribution in [0.15, 0.2) is 18.3 Å². The third-order valence-electron chi connectivity index (χ3n) is 3.45. The lowest BCUT2D eigenvalue weighted by Gasteiger charge is -2.32. The van der Waals surface area contributed by atoms with E-state index in [1.54, 1.807) is 13.3 Å². The first-order valence-corrected chi connectivity index (χ1v) is 6.80. The summed E-state index contributed by atoms with van der Waals surface area (Å²) >= 11 is 0. The van der Waals surface area contributed by atoms with Crippen molar-refractivity contribution in [3.05, 3.63) is 18.3 Å². The van der Waals surface area contributed by atoms with Gasteiger partial charge in [0.05, 0.1) is 13.3 Å². The van der Waals surface area contributed by atoms with Crippen LogP contribution in [-0.2, 0) is 0 Å². The van der Waals surface area contributed by atoms with Crippen LogP contribution >= 0.6 is 0 Å². The molecule has 1 saturated heterocycles. The summed E-state index contributed by atoms with van der Waals surface area (Å²) in [4.78, 5) is 6.89. The molecule has 100 valence electrons. The van der Waals surface area contributed by atoms with Crippen molar-refractivity contribution in [3.8, 4) is 5.75 Å². The number of rotatable bonds is 5. The van der Waals surface area contributed by atoms with Gasteiger partial charge in [-0.15, -0.1) is 0 Å². The van der Waals surface area contributed by atoms with Gasteiger partial charge in [0.2, 0.25) is 0 Å². The second kappa shape index (κ2) is 6.59. The van der Waals surface area contributed by atoms with E-state index in [-0.39, 0.29) is 0 Å². The van der Waals surface area contributed by atoms with E-state index >= 15 is 0 Å². The van der Waals surface area contributed by atoms with Crippen molar-refractivity contribution in [2.75, 3.05) is 32.1 Å². The van der Waals surface area contributed by atoms with Gasteiger partial charge in [-0.05, 0) is 37.9 Å². The van der Waals surface area contributed by atoms with Crippen molar-refractivity contribution in [1.29, 1.82) is 0 Å². The summed E-state index contributed by atoms with van der Waals surface area (Å²) in [6.07, 6.45) is 5.41. The number of nitrogens with one attached hydrogen (secondary N) is 1. The zero-order chi connectivity index (χ0) is 12.8. The SMILES string of the molecule is CCCN1CCC(Nc2ccc(OC)cn2)CC1. The summed E-state index contributed by atoms with van der Waals surface area (Å²) in [6.45, 7) is 5.86. The van der Waals surface area contributed by atoms with Crippen molar-refractivity contribution in [2.45, 2.75) is 32.2 Å². The molecule has 0 atom stereocenters. The van der Waals surface area contributed by atoms with Crippen LogP contribution in [0.1, 0.15) is 26.2 Å². The second-order valence-corrected chi connectivity index (χ2v) is 4.84. The molecule has 0 bridgehead atoms. The number of ether oxygens (including phenoxy) is 1. The summed E-state index contributed by atoms with van der Waals surface area (Å²) in [6, 6.07) is 4.48. The van der Waals surface area contributed by atoms with Gasteiger partial charge in [0.25, 0.3) is 0 Å². The van der Waals surface area contributed by atoms with Crippen LogP contribution in [0.4, 0.5) is 5.82 Å². The quantitative estimate of drug-likeness (QED) is 0.869. The number of pyridine rings is 1. The fourth-order valence-electron chi connectivity index (χ4n) is 2.41. The minimum atomic E-state index is 0.555. The summed E-state index contributed by atoms with van der Waals surface area (Å²) in [5, 5.41) is 3.50. The van der Waals surface area contributed by atoms with Gasteiger partial charge in [0.15, 0.2) is 0 Å². The average Bonchev–Trinajstić information content (AvgIpc) is 2.42. The molecule has 0 unspecified atom stereocenters. The Morgan fingerprint density at radius 3 is 2.72 bits per heavy atom. The largest absolute Gasteiger partial charge is 0.495 e. The predicted molar refractivity (Wildman–Crippen MR) is 74.2 cm³/mol. The van der Waals surface area contributed by atoms with E-state index in [0.717, 1.165) is 11.6 Å². The normalized spacial score (nSPS) is 17.7. The fourth-order valence-corrected chi connectivity index (χ4v) is 2.41. The van der Waals surface area contributed by atoms with E-state index in [4.69, 9.17) is 4.74 Å². The smallest absolute Gasteiger partial charge is 0.137 e. The van der Waals surface area contributed by atoms with Gasteiger partial charge in [0, 0.05) is 19.1 Å². The predicted octanol–water partition coefficient (Wildman–Crippen LogP) is 2.38. The molecule has 0 aliphatic carbocycles. The Kier molecular flexibility index (Phi) is 4.81. The van der Waals surface area contributed by atoms with E-state index in [1.807, 2.05) is 12.1 Å². The number of aromatic nitrogens is 1. The topological polar surface area (TPSA) is 37.4 Å². The number of hydrogen-bond donors (Lipinski definition) is 1. The number of nitrogens with zero attached hydrogens (tertiary/aromatic N) is 2. The Labute approximate surface area is 109 Å². The zero-order valence-electron chi connectivity index (χ0n) is 11.4. The first-order valence-electron chi connectivity index (χ1n) is 6.80. The summed E-state index contributed by atoms with van der Waals surface area (Å²) in [5.41, 5.74) is 0. The number of likely N-dealkylation sites (tertiary alicyclic amines) is 1. The number of anilines is 1. The Bertz CT molecular complexity index is 345. The van der Waals surface area contributed by atoms with E-state index in [0.29, 0.717) is 6.04 Å². The molecule has 1 N–H and O–H groups in total. The van der Waals surface area contributed by atoms with Crippen molar-refractivity contribution in [2.24, 2.45) is 0 Å². The summed E-state index contributed by atoms with van der Waals surface area (Å²) in [5.74, 6) is 1.75. The molecule has 1 aromatic rings. The van der Waals surface area contributed by atoms with Crippen LogP contribution in [0.25, 0.3) is 0 Å². The molecular weight excluding hydrogens is 226 g/mol. The highest BCUT2D eigenvalue weighted by Crippen LogP contribution is 2.17. The molecule has 1 aliphatic heterocycles. The van der Waals surface area contributed by atoms with E-state index in [2.05, 4.69) is 22.1 Å². The fraction of sp³-hybridized carbons (Fsp3) is 0.643. The maximum Gasteiger partial charge on any atom is 0.137 e. The Morgan fingerprint density at radius 1 is 1.39 bits per heavy atom. The van der Waals surface area contributed by atoms with Crippen LogP contribution in [-0.4, -0.2) is 42.7 Å². The molecule has 0 amide bonds. The Balaban J connectivity index is 1.80. The molecule has 2 heterocycles. The molecule has 0 aromatic carbocycles. The minimum Gasteiger partial charge on any atom is -0.495 e. The Morgan fingerprint density at radius 2 is 2.17 bits per heavy atom. The molecule has 1 fully saturated rings. The monoisotopic (exact) mass is 249 g/mol. The molecule has 4 nitrogen and oxygen atoms in total. The molecule has 0 radical (unpaired) electrons. The first kappa shape index (κ1) is 13.1. The number of methoxy groups -OCH3 is 1. The molecule has 2 rings (SSSR count). The van der Waals surface area contributed by atoms with E-state index in [9.17, 15) is 0 Å². The van der Waals surface area contributed by atoms with Gasteiger partial charge in [-0.2, -0.15) is 0 Å². The summed E-state index contributed by atoms with van der Waals surface area (Å²) < 4.78 is 5.10. The van der Waals surface area contributed by atoms with Gasteiger partial charge >= 0.3 is 0 Å². The highest BCUT2D eigenvalue weighted by Gasteiger charge is 2.18. The third-order valence-corrected chi connectivity index (χ3v) is 3.45. The van der Waals surface area contributed by atoms with E-state index < -0.39 is 0 Å². The highest BCUT2D eigenvalue weighted by molar-refractivity contribution is 5.38. The molecule has 0 spiro atoms. The lowest BCUT2D eigenvalue weighted by Crippen LogP contribution is -2.39. The van der Waals surface area contributed by atoms with Crippen LogP contribution in [0.5, 0.6) is 5.75 Å². The molecule has 0 saturated carbocycles. The van der Waals surface area contributed by atoms with Gasteiger partial charge in [0.1, 0.15) is 11.6 Å². The van der Waals surface area contributed by atoms with Crippen LogP contribution in [0.2, 0.25) is 0 Å². The lowest BCUT2D eigenvalue weighted by molar-refractivity contribution is 0.219. The van der Waals surface area contributed by atoms with Gasteiger partial charge in [-0.25, -0.2) is 4.98 Å². The van der Waals surface area contributed by atoms with Crippen LogP contribution in [0, 0.1) is 0 Å². The third kappa shape index (κ3) is 3.60. The Hall–Kier alpha value is -1.29.